The van der Waals surface area contributed by atoms with Crippen LogP contribution in [0.5, 0.6) is 5.75 Å². The molecule has 3 unspecified atom stereocenters. The molecule has 1 fully saturated rings. The van der Waals surface area contributed by atoms with E-state index in [-0.39, 0.29) is 6.10 Å². The molecule has 2 nitrogen and oxygen atoms in total. The van der Waals surface area contributed by atoms with Crippen LogP contribution in [0.4, 0.5) is 0 Å². The van der Waals surface area contributed by atoms with Crippen LogP contribution in [0.3, 0.4) is 0 Å². The third-order valence-corrected chi connectivity index (χ3v) is 4.24. The number of nitrogens with two attached hydrogens (primary N) is 1. The minimum absolute atomic E-state index is 0.243. The van der Waals surface area contributed by atoms with Gasteiger partial charge in [-0.2, -0.15) is 0 Å². The minimum atomic E-state index is 0.243. The molecule has 1 saturated carbocycles. The van der Waals surface area contributed by atoms with E-state index in [1.807, 2.05) is 24.3 Å². The molecule has 0 heterocycles. The van der Waals surface area contributed by atoms with E-state index >= 15 is 0 Å². The summed E-state index contributed by atoms with van der Waals surface area (Å²) >= 11 is 5.98. The van der Waals surface area contributed by atoms with Crippen LogP contribution in [0.25, 0.3) is 0 Å². The maximum atomic E-state index is 6.11. The van der Waals surface area contributed by atoms with Gasteiger partial charge in [0.25, 0.3) is 0 Å². The first kappa shape index (κ1) is 13.7. The Morgan fingerprint density at radius 2 is 2.22 bits per heavy atom. The third kappa shape index (κ3) is 3.39. The van der Waals surface area contributed by atoms with Crippen molar-refractivity contribution in [2.45, 2.75) is 38.7 Å². The van der Waals surface area contributed by atoms with Gasteiger partial charge >= 0.3 is 0 Å². The topological polar surface area (TPSA) is 35.2 Å². The van der Waals surface area contributed by atoms with E-state index in [0.29, 0.717) is 12.5 Å². The standard InChI is InChI=1S/C15H22ClNO/c1-2-11-6-7-12(10-17)15(8-11)18-14-5-3-4-13(16)9-14/h3-5,9,11-12,15H,2,6-8,10,17H2,1H3. The molecule has 0 amide bonds. The first-order valence-electron chi connectivity index (χ1n) is 6.85. The fourth-order valence-electron chi connectivity index (χ4n) is 2.77. The highest BCUT2D eigenvalue weighted by molar-refractivity contribution is 6.30. The number of halogens is 1. The molecule has 100 valence electrons. The second-order valence-corrected chi connectivity index (χ2v) is 5.63. The molecule has 0 aliphatic heterocycles. The Morgan fingerprint density at radius 3 is 2.89 bits per heavy atom. The van der Waals surface area contributed by atoms with Gasteiger partial charge in [-0.1, -0.05) is 31.0 Å². The van der Waals surface area contributed by atoms with Crippen LogP contribution in [0, 0.1) is 11.8 Å². The first-order chi connectivity index (χ1) is 8.72. The van der Waals surface area contributed by atoms with E-state index in [0.717, 1.165) is 23.1 Å². The summed E-state index contributed by atoms with van der Waals surface area (Å²) in [6.45, 7) is 2.96. The summed E-state index contributed by atoms with van der Waals surface area (Å²) in [5.41, 5.74) is 5.86. The van der Waals surface area contributed by atoms with Crippen molar-refractivity contribution in [3.05, 3.63) is 29.3 Å². The molecule has 1 aliphatic carbocycles. The van der Waals surface area contributed by atoms with Gasteiger partial charge in [-0.3, -0.25) is 0 Å². The molecule has 0 saturated heterocycles. The quantitative estimate of drug-likeness (QED) is 0.899. The van der Waals surface area contributed by atoms with Gasteiger partial charge in [0.2, 0.25) is 0 Å². The summed E-state index contributed by atoms with van der Waals surface area (Å²) in [6, 6.07) is 7.64. The third-order valence-electron chi connectivity index (χ3n) is 4.00. The van der Waals surface area contributed by atoms with E-state index in [1.54, 1.807) is 0 Å². The van der Waals surface area contributed by atoms with Crippen molar-refractivity contribution in [3.63, 3.8) is 0 Å². The van der Waals surface area contributed by atoms with E-state index in [9.17, 15) is 0 Å². The van der Waals surface area contributed by atoms with E-state index in [2.05, 4.69) is 6.92 Å². The summed E-state index contributed by atoms with van der Waals surface area (Å²) in [6.07, 6.45) is 5.05. The Bertz CT molecular complexity index is 383. The van der Waals surface area contributed by atoms with Crippen molar-refractivity contribution >= 4 is 11.6 Å². The van der Waals surface area contributed by atoms with Gasteiger partial charge in [0.15, 0.2) is 0 Å². The maximum absolute atomic E-state index is 6.11. The summed E-state index contributed by atoms with van der Waals surface area (Å²) in [7, 11) is 0. The van der Waals surface area contributed by atoms with Crippen LogP contribution >= 0.6 is 11.6 Å². The molecule has 0 aromatic heterocycles. The van der Waals surface area contributed by atoms with E-state index in [4.69, 9.17) is 22.1 Å². The highest BCUT2D eigenvalue weighted by atomic mass is 35.5. The van der Waals surface area contributed by atoms with Gasteiger partial charge in [0.05, 0.1) is 0 Å². The normalized spacial score (nSPS) is 28.1. The van der Waals surface area contributed by atoms with Gasteiger partial charge < -0.3 is 10.5 Å². The fraction of sp³-hybridized carbons (Fsp3) is 0.600. The molecular weight excluding hydrogens is 246 g/mol. The van der Waals surface area contributed by atoms with Crippen LogP contribution in [0.2, 0.25) is 5.02 Å². The van der Waals surface area contributed by atoms with Gasteiger partial charge in [0, 0.05) is 10.9 Å². The zero-order valence-electron chi connectivity index (χ0n) is 10.9. The second kappa shape index (κ2) is 6.44. The zero-order valence-corrected chi connectivity index (χ0v) is 11.7. The molecule has 18 heavy (non-hydrogen) atoms. The Balaban J connectivity index is 2.04. The fourth-order valence-corrected chi connectivity index (χ4v) is 2.95. The SMILES string of the molecule is CCC1CCC(CN)C(Oc2cccc(Cl)c2)C1. The number of rotatable bonds is 4. The monoisotopic (exact) mass is 267 g/mol. The Hall–Kier alpha value is -0.730. The molecule has 1 aromatic rings. The Morgan fingerprint density at radius 1 is 1.39 bits per heavy atom. The lowest BCUT2D eigenvalue weighted by Gasteiger charge is -2.35. The van der Waals surface area contributed by atoms with Crippen LogP contribution in [-0.2, 0) is 0 Å². The van der Waals surface area contributed by atoms with Gasteiger partial charge in [0.1, 0.15) is 11.9 Å². The van der Waals surface area contributed by atoms with Crippen molar-refractivity contribution in [1.82, 2.24) is 0 Å². The molecule has 3 heteroatoms. The Labute approximate surface area is 114 Å². The predicted molar refractivity (Wildman–Crippen MR) is 76.0 cm³/mol. The molecular formula is C15H22ClNO. The Kier molecular flexibility index (Phi) is 4.90. The van der Waals surface area contributed by atoms with Crippen LogP contribution in [0.15, 0.2) is 24.3 Å². The van der Waals surface area contributed by atoms with E-state index < -0.39 is 0 Å². The summed E-state index contributed by atoms with van der Waals surface area (Å²) < 4.78 is 6.11. The van der Waals surface area contributed by atoms with Gasteiger partial charge in [-0.25, -0.2) is 0 Å². The highest BCUT2D eigenvalue weighted by Crippen LogP contribution is 2.33. The number of hydrogen-bond acceptors (Lipinski definition) is 2. The molecule has 2 N–H and O–H groups in total. The lowest BCUT2D eigenvalue weighted by atomic mass is 9.78. The van der Waals surface area contributed by atoms with Crippen LogP contribution < -0.4 is 10.5 Å². The molecule has 1 aromatic carbocycles. The summed E-state index contributed by atoms with van der Waals surface area (Å²) in [5.74, 6) is 2.12. The van der Waals surface area contributed by atoms with Crippen molar-refractivity contribution in [3.8, 4) is 5.75 Å². The van der Waals surface area contributed by atoms with Crippen molar-refractivity contribution in [2.24, 2.45) is 17.6 Å². The average Bonchev–Trinajstić information content (AvgIpc) is 2.38. The summed E-state index contributed by atoms with van der Waals surface area (Å²) in [4.78, 5) is 0. The molecule has 1 aliphatic rings. The van der Waals surface area contributed by atoms with Crippen molar-refractivity contribution in [1.29, 1.82) is 0 Å². The molecule has 2 rings (SSSR count). The largest absolute Gasteiger partial charge is 0.490 e. The number of hydrogen-bond donors (Lipinski definition) is 1. The summed E-state index contributed by atoms with van der Waals surface area (Å²) in [5, 5.41) is 0.722. The highest BCUT2D eigenvalue weighted by Gasteiger charge is 2.30. The second-order valence-electron chi connectivity index (χ2n) is 5.20. The molecule has 3 atom stereocenters. The predicted octanol–water partition coefficient (Wildman–Crippen LogP) is 3.87. The van der Waals surface area contributed by atoms with E-state index in [1.165, 1.54) is 19.3 Å². The lowest BCUT2D eigenvalue weighted by molar-refractivity contribution is 0.0684. The van der Waals surface area contributed by atoms with Crippen LogP contribution in [-0.4, -0.2) is 12.6 Å². The smallest absolute Gasteiger partial charge is 0.121 e. The average molecular weight is 268 g/mol. The first-order valence-corrected chi connectivity index (χ1v) is 7.23. The van der Waals surface area contributed by atoms with Crippen molar-refractivity contribution in [2.75, 3.05) is 6.54 Å². The van der Waals surface area contributed by atoms with Gasteiger partial charge in [-0.15, -0.1) is 0 Å². The number of benzene rings is 1. The van der Waals surface area contributed by atoms with Crippen LogP contribution in [0.1, 0.15) is 32.6 Å². The molecule has 0 radical (unpaired) electrons. The molecule has 0 spiro atoms. The minimum Gasteiger partial charge on any atom is -0.490 e. The lowest BCUT2D eigenvalue weighted by Crippen LogP contribution is -2.38. The molecule has 0 bridgehead atoms. The van der Waals surface area contributed by atoms with Crippen molar-refractivity contribution < 1.29 is 4.74 Å². The number of ether oxygens (including phenoxy) is 1. The zero-order chi connectivity index (χ0) is 13.0. The maximum Gasteiger partial charge on any atom is 0.121 e. The van der Waals surface area contributed by atoms with Gasteiger partial charge in [-0.05, 0) is 49.9 Å².